The molecule has 2 heterocycles. The average molecular weight is 483 g/mol. The first-order valence-electron chi connectivity index (χ1n) is 11.4. The van der Waals surface area contributed by atoms with Gasteiger partial charge in [-0.2, -0.15) is 0 Å². The van der Waals surface area contributed by atoms with Crippen molar-refractivity contribution in [2.45, 2.75) is 13.5 Å². The third-order valence-corrected chi connectivity index (χ3v) is 5.89. The molecule has 0 bridgehead atoms. The van der Waals surface area contributed by atoms with E-state index in [0.29, 0.717) is 24.5 Å². The van der Waals surface area contributed by atoms with Gasteiger partial charge in [-0.25, -0.2) is 14.1 Å². The summed E-state index contributed by atoms with van der Waals surface area (Å²) in [7, 11) is 0. The molecule has 0 aliphatic carbocycles. The summed E-state index contributed by atoms with van der Waals surface area (Å²) in [6.45, 7) is 2.61. The number of fused-ring (bicyclic) bond motifs is 1. The second kappa shape index (κ2) is 9.50. The normalized spacial score (nSPS) is 15.0. The van der Waals surface area contributed by atoms with Crippen molar-refractivity contribution in [3.05, 3.63) is 102 Å². The number of halogens is 1. The Morgan fingerprint density at radius 3 is 2.44 bits per heavy atom. The minimum Gasteiger partial charge on any atom is -0.492 e. The van der Waals surface area contributed by atoms with E-state index < -0.39 is 17.8 Å². The van der Waals surface area contributed by atoms with Crippen LogP contribution < -0.4 is 15.0 Å². The number of barbiturate groups is 1. The Hall–Kier alpha value is -4.72. The van der Waals surface area contributed by atoms with Crippen LogP contribution in [0.15, 0.2) is 84.6 Å². The van der Waals surface area contributed by atoms with E-state index in [1.54, 1.807) is 43.3 Å². The number of aromatic nitrogens is 1. The first-order chi connectivity index (χ1) is 17.5. The van der Waals surface area contributed by atoms with Crippen molar-refractivity contribution in [1.82, 2.24) is 9.88 Å². The van der Waals surface area contributed by atoms with Gasteiger partial charge >= 0.3 is 6.03 Å². The first kappa shape index (κ1) is 23.0. The molecule has 0 radical (unpaired) electrons. The Labute approximate surface area is 206 Å². The van der Waals surface area contributed by atoms with E-state index in [-0.39, 0.29) is 17.1 Å². The Morgan fingerprint density at radius 2 is 1.67 bits per heavy atom. The highest BCUT2D eigenvalue weighted by Crippen LogP contribution is 2.32. The quantitative estimate of drug-likeness (QED) is 0.313. The van der Waals surface area contributed by atoms with Crippen LogP contribution in [0.2, 0.25) is 0 Å². The monoisotopic (exact) mass is 483 g/mol. The molecule has 7 nitrogen and oxygen atoms in total. The van der Waals surface area contributed by atoms with Crippen molar-refractivity contribution in [1.29, 1.82) is 0 Å². The average Bonchev–Trinajstić information content (AvgIpc) is 3.21. The van der Waals surface area contributed by atoms with Crippen molar-refractivity contribution in [3.63, 3.8) is 0 Å². The van der Waals surface area contributed by atoms with Gasteiger partial charge in [0, 0.05) is 29.2 Å². The molecule has 8 heteroatoms. The molecule has 0 spiro atoms. The number of carbonyl (C=O) groups is 3. The number of nitrogens with zero attached hydrogens (tertiary/aromatic N) is 2. The topological polar surface area (TPSA) is 80.6 Å². The van der Waals surface area contributed by atoms with Crippen molar-refractivity contribution >= 4 is 40.5 Å². The molecule has 36 heavy (non-hydrogen) atoms. The van der Waals surface area contributed by atoms with E-state index in [4.69, 9.17) is 4.74 Å². The first-order valence-corrected chi connectivity index (χ1v) is 11.4. The van der Waals surface area contributed by atoms with Crippen LogP contribution in [0.5, 0.6) is 5.75 Å². The van der Waals surface area contributed by atoms with Crippen LogP contribution in [-0.4, -0.2) is 29.0 Å². The SMILES string of the molecule is CCOc1ccccc1N1C(=O)NC(=O)/C(=C\c2cn(Cc3ccc(F)cc3)c3ccccc23)C1=O. The summed E-state index contributed by atoms with van der Waals surface area (Å²) in [6, 6.07) is 19.6. The van der Waals surface area contributed by atoms with Gasteiger partial charge in [-0.15, -0.1) is 0 Å². The van der Waals surface area contributed by atoms with Crippen molar-refractivity contribution < 1.29 is 23.5 Å². The van der Waals surface area contributed by atoms with E-state index in [9.17, 15) is 18.8 Å². The van der Waals surface area contributed by atoms with Crippen molar-refractivity contribution in [2.24, 2.45) is 0 Å². The predicted octanol–water partition coefficient (Wildman–Crippen LogP) is 4.89. The molecule has 4 amide bonds. The lowest BCUT2D eigenvalue weighted by Gasteiger charge is -2.27. The number of para-hydroxylation sites is 3. The second-order valence-corrected chi connectivity index (χ2v) is 8.21. The Balaban J connectivity index is 1.56. The molecule has 1 aliphatic rings. The molecule has 1 fully saturated rings. The maximum Gasteiger partial charge on any atom is 0.336 e. The molecule has 1 N–H and O–H groups in total. The number of benzene rings is 3. The minimum absolute atomic E-state index is 0.175. The van der Waals surface area contributed by atoms with Gasteiger partial charge in [0.25, 0.3) is 11.8 Å². The van der Waals surface area contributed by atoms with Crippen LogP contribution >= 0.6 is 0 Å². The number of amides is 4. The van der Waals surface area contributed by atoms with Gasteiger partial charge in [0.2, 0.25) is 0 Å². The fourth-order valence-electron chi connectivity index (χ4n) is 4.26. The summed E-state index contributed by atoms with van der Waals surface area (Å²) in [5, 5.41) is 3.08. The number of carbonyl (C=O) groups excluding carboxylic acids is 3. The van der Waals surface area contributed by atoms with Crippen LogP contribution in [0.25, 0.3) is 17.0 Å². The Morgan fingerprint density at radius 1 is 0.944 bits per heavy atom. The number of ether oxygens (including phenoxy) is 1. The van der Waals surface area contributed by atoms with Crippen LogP contribution in [0.4, 0.5) is 14.9 Å². The number of anilines is 1. The van der Waals surface area contributed by atoms with E-state index >= 15 is 0 Å². The summed E-state index contributed by atoms with van der Waals surface area (Å²) in [5.74, 6) is -1.47. The number of imide groups is 2. The molecule has 0 unspecified atom stereocenters. The van der Waals surface area contributed by atoms with Crippen molar-refractivity contribution in [3.8, 4) is 5.75 Å². The number of rotatable bonds is 6. The smallest absolute Gasteiger partial charge is 0.336 e. The molecule has 1 saturated heterocycles. The zero-order valence-electron chi connectivity index (χ0n) is 19.4. The van der Waals surface area contributed by atoms with Gasteiger partial charge in [-0.1, -0.05) is 42.5 Å². The van der Waals surface area contributed by atoms with Gasteiger partial charge in [-0.3, -0.25) is 14.9 Å². The number of urea groups is 1. The third-order valence-electron chi connectivity index (χ3n) is 5.89. The minimum atomic E-state index is -0.840. The van der Waals surface area contributed by atoms with Crippen molar-refractivity contribution in [2.75, 3.05) is 11.5 Å². The lowest BCUT2D eigenvalue weighted by atomic mass is 10.1. The molecule has 5 rings (SSSR count). The van der Waals surface area contributed by atoms with E-state index in [1.165, 1.54) is 18.2 Å². The standard InChI is InChI=1S/C28H22FN3O4/c1-2-36-25-10-6-5-9-24(25)32-27(34)22(26(33)30-28(32)35)15-19-17-31(23-8-4-3-7-21(19)23)16-18-11-13-20(29)14-12-18/h3-15,17H,2,16H2,1H3,(H,30,33,35)/b22-15+. The number of nitrogens with one attached hydrogen (secondary N) is 1. The summed E-state index contributed by atoms with van der Waals surface area (Å²) in [5.41, 5.74) is 2.49. The summed E-state index contributed by atoms with van der Waals surface area (Å²) in [6.07, 6.45) is 3.32. The maximum atomic E-state index is 13.5. The summed E-state index contributed by atoms with van der Waals surface area (Å²) >= 11 is 0. The Kier molecular flexibility index (Phi) is 6.08. The highest BCUT2D eigenvalue weighted by molar-refractivity contribution is 6.39. The number of hydrogen-bond acceptors (Lipinski definition) is 4. The van der Waals surface area contributed by atoms with Gasteiger partial charge in [0.15, 0.2) is 0 Å². The zero-order chi connectivity index (χ0) is 25.2. The van der Waals surface area contributed by atoms with Crippen LogP contribution in [-0.2, 0) is 16.1 Å². The van der Waals surface area contributed by atoms with Gasteiger partial charge in [0.1, 0.15) is 17.1 Å². The molecular formula is C28H22FN3O4. The van der Waals surface area contributed by atoms with Crippen LogP contribution in [0.1, 0.15) is 18.1 Å². The molecule has 0 saturated carbocycles. The fraction of sp³-hybridized carbons (Fsp3) is 0.107. The predicted molar refractivity (Wildman–Crippen MR) is 134 cm³/mol. The molecule has 1 aliphatic heterocycles. The van der Waals surface area contributed by atoms with Gasteiger partial charge < -0.3 is 9.30 Å². The fourth-order valence-corrected chi connectivity index (χ4v) is 4.26. The number of hydrogen-bond donors (Lipinski definition) is 1. The highest BCUT2D eigenvalue weighted by atomic mass is 19.1. The molecule has 180 valence electrons. The van der Waals surface area contributed by atoms with Gasteiger partial charge in [-0.05, 0) is 48.9 Å². The van der Waals surface area contributed by atoms with E-state index in [0.717, 1.165) is 21.4 Å². The largest absolute Gasteiger partial charge is 0.492 e. The lowest BCUT2D eigenvalue weighted by Crippen LogP contribution is -2.54. The summed E-state index contributed by atoms with van der Waals surface area (Å²) < 4.78 is 20.9. The van der Waals surface area contributed by atoms with Crippen LogP contribution in [0.3, 0.4) is 0 Å². The lowest BCUT2D eigenvalue weighted by molar-refractivity contribution is -0.122. The van der Waals surface area contributed by atoms with Crippen LogP contribution in [0, 0.1) is 5.82 Å². The summed E-state index contributed by atoms with van der Waals surface area (Å²) in [4.78, 5) is 39.8. The highest BCUT2D eigenvalue weighted by Gasteiger charge is 2.38. The van der Waals surface area contributed by atoms with E-state index in [2.05, 4.69) is 5.32 Å². The molecule has 1 aromatic heterocycles. The molecule has 4 aromatic rings. The second-order valence-electron chi connectivity index (χ2n) is 8.21. The zero-order valence-corrected chi connectivity index (χ0v) is 19.4. The Bertz CT molecular complexity index is 1520. The van der Waals surface area contributed by atoms with E-state index in [1.807, 2.05) is 35.0 Å². The van der Waals surface area contributed by atoms with Gasteiger partial charge in [0.05, 0.1) is 12.3 Å². The third kappa shape index (κ3) is 4.24. The molecule has 3 aromatic carbocycles. The molecule has 0 atom stereocenters. The molecular weight excluding hydrogens is 461 g/mol. The maximum absolute atomic E-state index is 13.5.